The lowest BCUT2D eigenvalue weighted by atomic mass is 10.0. The Hall–Kier alpha value is -1.98. The minimum absolute atomic E-state index is 0.125. The van der Waals surface area contributed by atoms with Gasteiger partial charge in [0, 0.05) is 36.6 Å². The zero-order valence-electron chi connectivity index (χ0n) is 12.5. The SMILES string of the molecule is CCc1ccc(CC(Cc2ccc(OC)nc2)NN)nc1. The molecule has 0 aliphatic carbocycles. The van der Waals surface area contributed by atoms with E-state index in [0.29, 0.717) is 5.88 Å². The van der Waals surface area contributed by atoms with Gasteiger partial charge in [-0.25, -0.2) is 4.98 Å². The lowest BCUT2D eigenvalue weighted by Crippen LogP contribution is -2.38. The molecule has 0 saturated carbocycles. The van der Waals surface area contributed by atoms with Crippen molar-refractivity contribution in [1.29, 1.82) is 0 Å². The van der Waals surface area contributed by atoms with Crippen molar-refractivity contribution in [3.05, 3.63) is 53.5 Å². The van der Waals surface area contributed by atoms with E-state index >= 15 is 0 Å². The molecular formula is C16H22N4O. The largest absolute Gasteiger partial charge is 0.481 e. The van der Waals surface area contributed by atoms with Crippen molar-refractivity contribution >= 4 is 0 Å². The number of methoxy groups -OCH3 is 1. The number of ether oxygens (including phenoxy) is 1. The molecule has 0 spiro atoms. The molecule has 0 saturated heterocycles. The fourth-order valence-electron chi connectivity index (χ4n) is 2.16. The molecule has 21 heavy (non-hydrogen) atoms. The highest BCUT2D eigenvalue weighted by Gasteiger charge is 2.10. The number of aromatic nitrogens is 2. The first kappa shape index (κ1) is 15.4. The summed E-state index contributed by atoms with van der Waals surface area (Å²) >= 11 is 0. The lowest BCUT2D eigenvalue weighted by Gasteiger charge is -2.15. The molecule has 2 rings (SSSR count). The topological polar surface area (TPSA) is 73.1 Å². The summed E-state index contributed by atoms with van der Waals surface area (Å²) in [5, 5.41) is 0. The second-order valence-electron chi connectivity index (χ2n) is 4.99. The maximum atomic E-state index is 5.66. The van der Waals surface area contributed by atoms with Crippen LogP contribution in [0.15, 0.2) is 36.7 Å². The van der Waals surface area contributed by atoms with Gasteiger partial charge in [-0.05, 0) is 30.0 Å². The Morgan fingerprint density at radius 3 is 2.38 bits per heavy atom. The normalized spacial score (nSPS) is 12.1. The molecule has 0 amide bonds. The average molecular weight is 286 g/mol. The maximum absolute atomic E-state index is 5.66. The van der Waals surface area contributed by atoms with Crippen LogP contribution >= 0.6 is 0 Å². The standard InChI is InChI=1S/C16H22N4O/c1-3-12-4-6-14(18-10-12)9-15(20-17)8-13-5-7-16(21-2)19-11-13/h4-7,10-11,15,20H,3,8-9,17H2,1-2H3. The van der Waals surface area contributed by atoms with Crippen LogP contribution in [0.4, 0.5) is 0 Å². The molecule has 3 N–H and O–H groups in total. The quantitative estimate of drug-likeness (QED) is 0.598. The molecule has 5 nitrogen and oxygen atoms in total. The number of nitrogens with one attached hydrogen (secondary N) is 1. The second kappa shape index (κ2) is 7.71. The molecule has 0 aliphatic rings. The first-order valence-electron chi connectivity index (χ1n) is 7.14. The van der Waals surface area contributed by atoms with Crippen LogP contribution in [0.1, 0.15) is 23.7 Å². The molecule has 2 aromatic heterocycles. The minimum Gasteiger partial charge on any atom is -0.481 e. The van der Waals surface area contributed by atoms with Crippen LogP contribution in [0.5, 0.6) is 5.88 Å². The molecule has 1 atom stereocenters. The summed E-state index contributed by atoms with van der Waals surface area (Å²) in [4.78, 5) is 8.68. The maximum Gasteiger partial charge on any atom is 0.212 e. The molecule has 1 unspecified atom stereocenters. The van der Waals surface area contributed by atoms with Crippen molar-refractivity contribution in [3.8, 4) is 5.88 Å². The lowest BCUT2D eigenvalue weighted by molar-refractivity contribution is 0.397. The van der Waals surface area contributed by atoms with Crippen LogP contribution in [-0.4, -0.2) is 23.1 Å². The van der Waals surface area contributed by atoms with E-state index in [4.69, 9.17) is 10.6 Å². The van der Waals surface area contributed by atoms with E-state index in [9.17, 15) is 0 Å². The Labute approximate surface area is 125 Å². The molecular weight excluding hydrogens is 264 g/mol. The van der Waals surface area contributed by atoms with Crippen LogP contribution in [0.25, 0.3) is 0 Å². The number of hydrogen-bond donors (Lipinski definition) is 2. The van der Waals surface area contributed by atoms with Gasteiger partial charge in [-0.2, -0.15) is 0 Å². The molecule has 0 aliphatic heterocycles. The van der Waals surface area contributed by atoms with Gasteiger partial charge in [-0.1, -0.05) is 19.1 Å². The van der Waals surface area contributed by atoms with E-state index in [1.54, 1.807) is 7.11 Å². The van der Waals surface area contributed by atoms with Gasteiger partial charge in [0.25, 0.3) is 0 Å². The highest BCUT2D eigenvalue weighted by atomic mass is 16.5. The van der Waals surface area contributed by atoms with E-state index in [2.05, 4.69) is 34.5 Å². The number of nitrogens with two attached hydrogens (primary N) is 1. The predicted octanol–water partition coefficient (Wildman–Crippen LogP) is 1.66. The van der Waals surface area contributed by atoms with Crippen molar-refractivity contribution in [2.24, 2.45) is 5.84 Å². The third kappa shape index (κ3) is 4.51. The number of hydrazine groups is 1. The summed E-state index contributed by atoms with van der Waals surface area (Å²) in [6.07, 6.45) is 6.33. The number of rotatable bonds is 7. The smallest absolute Gasteiger partial charge is 0.212 e. The van der Waals surface area contributed by atoms with Gasteiger partial charge in [-0.15, -0.1) is 0 Å². The van der Waals surface area contributed by atoms with Gasteiger partial charge >= 0.3 is 0 Å². The van der Waals surface area contributed by atoms with Crippen LogP contribution in [0.3, 0.4) is 0 Å². The number of pyridine rings is 2. The van der Waals surface area contributed by atoms with Crippen molar-refractivity contribution in [2.45, 2.75) is 32.2 Å². The first-order valence-corrected chi connectivity index (χ1v) is 7.14. The Kier molecular flexibility index (Phi) is 5.66. The highest BCUT2D eigenvalue weighted by molar-refractivity contribution is 5.20. The molecule has 0 bridgehead atoms. The second-order valence-corrected chi connectivity index (χ2v) is 4.99. The van der Waals surface area contributed by atoms with Crippen LogP contribution in [0.2, 0.25) is 0 Å². The summed E-state index contributed by atoms with van der Waals surface area (Å²) in [7, 11) is 1.61. The molecule has 2 heterocycles. The fraction of sp³-hybridized carbons (Fsp3) is 0.375. The summed E-state index contributed by atoms with van der Waals surface area (Å²) in [5.74, 6) is 6.28. The predicted molar refractivity (Wildman–Crippen MR) is 82.9 cm³/mol. The third-order valence-corrected chi connectivity index (χ3v) is 3.47. The minimum atomic E-state index is 0.125. The van der Waals surface area contributed by atoms with E-state index in [-0.39, 0.29) is 6.04 Å². The van der Waals surface area contributed by atoms with E-state index in [1.165, 1.54) is 5.56 Å². The van der Waals surface area contributed by atoms with Crippen molar-refractivity contribution in [1.82, 2.24) is 15.4 Å². The summed E-state index contributed by atoms with van der Waals surface area (Å²) in [6.45, 7) is 2.12. The zero-order chi connectivity index (χ0) is 15.1. The Morgan fingerprint density at radius 1 is 1.10 bits per heavy atom. The van der Waals surface area contributed by atoms with E-state index in [1.807, 2.05) is 24.5 Å². The third-order valence-electron chi connectivity index (χ3n) is 3.47. The van der Waals surface area contributed by atoms with Gasteiger partial charge in [0.1, 0.15) is 0 Å². The zero-order valence-corrected chi connectivity index (χ0v) is 12.5. The van der Waals surface area contributed by atoms with Crippen LogP contribution in [-0.2, 0) is 19.3 Å². The first-order chi connectivity index (χ1) is 10.2. The summed E-state index contributed by atoms with van der Waals surface area (Å²) < 4.78 is 5.06. The van der Waals surface area contributed by atoms with Crippen molar-refractivity contribution in [3.63, 3.8) is 0 Å². The molecule has 2 aromatic rings. The molecule has 0 aromatic carbocycles. The molecule has 5 heteroatoms. The van der Waals surface area contributed by atoms with Gasteiger partial charge < -0.3 is 4.74 Å². The number of aryl methyl sites for hydroxylation is 1. The number of nitrogens with zero attached hydrogens (tertiary/aromatic N) is 2. The van der Waals surface area contributed by atoms with Gasteiger partial charge in [0.05, 0.1) is 7.11 Å². The average Bonchev–Trinajstić information content (AvgIpc) is 2.55. The fourth-order valence-corrected chi connectivity index (χ4v) is 2.16. The van der Waals surface area contributed by atoms with Crippen LogP contribution in [0, 0.1) is 0 Å². The van der Waals surface area contributed by atoms with Gasteiger partial charge in [-0.3, -0.25) is 16.3 Å². The van der Waals surface area contributed by atoms with E-state index in [0.717, 1.165) is 30.5 Å². The Morgan fingerprint density at radius 2 is 1.86 bits per heavy atom. The highest BCUT2D eigenvalue weighted by Crippen LogP contribution is 2.11. The summed E-state index contributed by atoms with van der Waals surface area (Å²) in [5.41, 5.74) is 6.26. The summed E-state index contributed by atoms with van der Waals surface area (Å²) in [6, 6.07) is 8.17. The molecule has 0 fully saturated rings. The van der Waals surface area contributed by atoms with Crippen molar-refractivity contribution < 1.29 is 4.74 Å². The number of hydrogen-bond acceptors (Lipinski definition) is 5. The molecule has 112 valence electrons. The van der Waals surface area contributed by atoms with Crippen LogP contribution < -0.4 is 16.0 Å². The van der Waals surface area contributed by atoms with Crippen molar-refractivity contribution in [2.75, 3.05) is 7.11 Å². The Bertz CT molecular complexity index is 490. The van der Waals surface area contributed by atoms with Gasteiger partial charge in [0.15, 0.2) is 0 Å². The van der Waals surface area contributed by atoms with Gasteiger partial charge in [0.2, 0.25) is 5.88 Å². The molecule has 0 radical (unpaired) electrons. The Balaban J connectivity index is 1.98. The van der Waals surface area contributed by atoms with E-state index < -0.39 is 0 Å². The monoisotopic (exact) mass is 286 g/mol.